The van der Waals surface area contributed by atoms with Gasteiger partial charge < -0.3 is 24.8 Å². The normalized spacial score (nSPS) is 18.9. The Balaban J connectivity index is 0.000000145. The lowest BCUT2D eigenvalue weighted by Crippen LogP contribution is -2.45. The van der Waals surface area contributed by atoms with Crippen molar-refractivity contribution in [1.82, 2.24) is 74.4 Å². The first-order valence-electron chi connectivity index (χ1n) is 48.1. The summed E-state index contributed by atoms with van der Waals surface area (Å²) in [6.45, 7) is 31.2. The third-order valence-corrected chi connectivity index (χ3v) is 26.4. The van der Waals surface area contributed by atoms with Crippen LogP contribution < -0.4 is 5.32 Å². The molecular weight excluding hydrogens is 1810 g/mol. The topological polar surface area (TPSA) is 359 Å². The second kappa shape index (κ2) is 43.8. The van der Waals surface area contributed by atoms with Gasteiger partial charge >= 0.3 is 18.0 Å². The fraction of sp³-hybridized carbons (Fsp3) is 0.396. The van der Waals surface area contributed by atoms with Gasteiger partial charge in [0.2, 0.25) is 5.91 Å². The third kappa shape index (κ3) is 25.1. The van der Waals surface area contributed by atoms with Gasteiger partial charge in [0.15, 0.2) is 28.9 Å². The van der Waals surface area contributed by atoms with Crippen molar-refractivity contribution < 1.29 is 75.7 Å². The summed E-state index contributed by atoms with van der Waals surface area (Å²) < 4.78 is 59.0. The fourth-order valence-electron chi connectivity index (χ4n) is 19.0. The number of esters is 1. The first-order valence-corrected chi connectivity index (χ1v) is 48.1. The van der Waals surface area contributed by atoms with E-state index in [-0.39, 0.29) is 139 Å². The number of ketones is 6. The smallest absolute Gasteiger partial charge is 0.411 e. The van der Waals surface area contributed by atoms with E-state index in [2.05, 4.69) is 50.5 Å². The van der Waals surface area contributed by atoms with Gasteiger partial charge in [-0.05, 0) is 263 Å². The van der Waals surface area contributed by atoms with Crippen molar-refractivity contribution in [3.8, 4) is 33.4 Å². The first-order chi connectivity index (χ1) is 67.3. The first kappa shape index (κ1) is 103. The number of rotatable bonds is 27. The molecule has 0 unspecified atom stereocenters. The van der Waals surface area contributed by atoms with Crippen LogP contribution in [0.2, 0.25) is 0 Å². The van der Waals surface area contributed by atoms with E-state index in [4.69, 9.17) is 14.6 Å². The number of amides is 2. The van der Waals surface area contributed by atoms with Crippen LogP contribution in [-0.2, 0) is 57.9 Å². The number of fused-ring (bicyclic) bond motifs is 6. The highest BCUT2D eigenvalue weighted by atomic mass is 19.1. The number of likely N-dealkylation sites (tertiary alicyclic amines) is 2. The van der Waals surface area contributed by atoms with E-state index in [9.17, 15) is 61.1 Å². The van der Waals surface area contributed by atoms with Crippen LogP contribution >= 0.6 is 0 Å². The summed E-state index contributed by atoms with van der Waals surface area (Å²) in [4.78, 5) is 153. The van der Waals surface area contributed by atoms with Crippen molar-refractivity contribution in [3.63, 3.8) is 0 Å². The second-order valence-corrected chi connectivity index (χ2v) is 39.8. The lowest BCUT2D eigenvalue weighted by atomic mass is 10.00. The van der Waals surface area contributed by atoms with Crippen LogP contribution in [0.15, 0.2) is 182 Å². The minimum Gasteiger partial charge on any atom is -0.480 e. The predicted molar refractivity (Wildman–Crippen MR) is 536 cm³/mol. The Kier molecular flexibility index (Phi) is 31.9. The average molecular weight is 1930 g/mol. The number of hydrogen-bond acceptors (Lipinski definition) is 22. The zero-order valence-corrected chi connectivity index (χ0v) is 83.6. The maximum Gasteiger partial charge on any atom is 0.411 e. The van der Waals surface area contributed by atoms with Crippen molar-refractivity contribution in [3.05, 3.63) is 250 Å². The summed E-state index contributed by atoms with van der Waals surface area (Å²) in [6, 6.07) is 39.2. The number of aliphatic carboxylic acids is 1. The molecule has 12 aromatic rings. The summed E-state index contributed by atoms with van der Waals surface area (Å²) in [5.74, 6) is 0.425. The number of carboxylic acid groups (broad SMARTS) is 1. The second-order valence-electron chi connectivity index (χ2n) is 39.8. The number of hydrogen-bond donors (Lipinski definition) is 2. The number of Topliss-reactive ketones (excluding diaryl/α,β-unsaturated/α-hetero) is 6. The standard InChI is InChI=1S/C34H34FN5O3.C22H28FNO3.C21H24N4O3.C17H20FNO.C17H16N4O3/c1-19-12-24(26-16-36-22(4)37-17-26)13-27-33(21(3)41)38-39(34(19)27)18-32(43)40-29-14-25(29)15-30(40)31(42)11-10-28(35)20(2)23-8-6-5-7-9-23;1-14(15-8-6-5-7-9-15)17(23)10-11-20(25)19-13-16-12-18(16)24(19)21(26)27-22(2,3)4;1-12-7-15(16-9-22-14(3)23-10-16)8-17-19(13(2)26)24-25(20(12)17)11-18(27)28-21(4,5)6;1-11(12-5-3-2-4-6-12)14(18)7-8-17(20)16-10-13-9-15(13)19-16;1-9-4-12(13-6-18-11(3)19-7-13)5-14-16(10(2)22)20-21(17(9)14)8-15(23)24/h5-9,12-13,16-17,25,29-30H,10-11,14-15,18H2,1-4H3;5-9,16,18-19H,10-13H2,1-4H3;7-10H,11H2,1-6H3;2-6,13,15-16,19H,7-10H2,1H3;4-7H,8H2,1-3H3,(H,23,24)/b28-20+;17-14+;;14-11+;/t25-,29-,30+;16-,18-,19+;;13-,15-,16+;/m11.1./s1. The summed E-state index contributed by atoms with van der Waals surface area (Å²) in [5.41, 5.74) is 13.7. The molecule has 3 saturated carbocycles. The molecule has 6 aromatic carbocycles. The summed E-state index contributed by atoms with van der Waals surface area (Å²) in [5, 5.41) is 27.6. The number of carbonyl (C=O) groups is 10. The lowest BCUT2D eigenvalue weighted by molar-refractivity contribution is -0.155. The minimum atomic E-state index is -1.01. The quantitative estimate of drug-likeness (QED) is 0.0357. The van der Waals surface area contributed by atoms with Crippen molar-refractivity contribution in [1.29, 1.82) is 0 Å². The van der Waals surface area contributed by atoms with E-state index in [0.29, 0.717) is 110 Å². The molecule has 6 fully saturated rings. The average Bonchev–Trinajstić information content (AvgIpc) is 1.56. The van der Waals surface area contributed by atoms with Gasteiger partial charge in [0.25, 0.3) is 0 Å². The Morgan fingerprint density at radius 2 is 0.718 bits per heavy atom. The van der Waals surface area contributed by atoms with E-state index >= 15 is 0 Å². The van der Waals surface area contributed by atoms with Crippen LogP contribution in [0.5, 0.6) is 0 Å². The number of benzene rings is 6. The Morgan fingerprint density at radius 1 is 0.387 bits per heavy atom. The third-order valence-electron chi connectivity index (χ3n) is 26.4. The van der Waals surface area contributed by atoms with Gasteiger partial charge in [-0.3, -0.25) is 62.1 Å². The van der Waals surface area contributed by atoms with Gasteiger partial charge in [0.05, 0.1) is 34.7 Å². The van der Waals surface area contributed by atoms with Crippen LogP contribution in [-0.4, -0.2) is 180 Å². The molecule has 2 amide bonds. The number of ether oxygens (including phenoxy) is 2. The highest BCUT2D eigenvalue weighted by molar-refractivity contribution is 6.09. The molecule has 3 aliphatic heterocycles. The maximum absolute atomic E-state index is 15.0. The van der Waals surface area contributed by atoms with Crippen molar-refractivity contribution in [2.45, 2.75) is 269 Å². The Bertz CT molecular complexity index is 6930. The van der Waals surface area contributed by atoms with Crippen LogP contribution in [0.25, 0.3) is 82.8 Å². The number of carbonyl (C=O) groups excluding carboxylic acids is 9. The zero-order chi connectivity index (χ0) is 102. The summed E-state index contributed by atoms with van der Waals surface area (Å²) >= 11 is 0. The van der Waals surface area contributed by atoms with Crippen molar-refractivity contribution in [2.75, 3.05) is 0 Å². The molecule has 9 heterocycles. The number of halogens is 3. The number of nitrogens with zero attached hydrogens (tertiary/aromatic N) is 14. The van der Waals surface area contributed by atoms with Crippen LogP contribution in [0, 0.1) is 59.3 Å². The van der Waals surface area contributed by atoms with E-state index in [0.717, 1.165) is 91.5 Å². The van der Waals surface area contributed by atoms with Gasteiger partial charge in [-0.2, -0.15) is 15.3 Å². The summed E-state index contributed by atoms with van der Waals surface area (Å²) in [6.07, 6.45) is 16.0. The van der Waals surface area contributed by atoms with Crippen LogP contribution in [0.4, 0.5) is 18.0 Å². The predicted octanol–water partition coefficient (Wildman–Crippen LogP) is 20.7. The monoisotopic (exact) mass is 1930 g/mol. The maximum atomic E-state index is 15.0. The molecular formula is C111H122F3N15O13. The molecule has 0 bridgehead atoms. The van der Waals surface area contributed by atoms with E-state index < -0.39 is 41.3 Å². The molecule has 740 valence electrons. The number of piperidine rings is 3. The number of carboxylic acids is 1. The molecule has 28 nitrogen and oxygen atoms in total. The van der Waals surface area contributed by atoms with E-state index in [1.807, 2.05) is 210 Å². The number of aromatic nitrogens is 12. The molecule has 18 rings (SSSR count). The molecule has 6 aliphatic rings. The fourth-order valence-corrected chi connectivity index (χ4v) is 19.0. The van der Waals surface area contributed by atoms with Crippen LogP contribution in [0.3, 0.4) is 0 Å². The molecule has 3 saturated heterocycles. The Morgan fingerprint density at radius 3 is 1.05 bits per heavy atom. The lowest BCUT2D eigenvalue weighted by Gasteiger charge is -2.29. The highest BCUT2D eigenvalue weighted by Crippen LogP contribution is 2.51. The van der Waals surface area contributed by atoms with Gasteiger partial charge in [-0.25, -0.2) is 47.9 Å². The minimum absolute atomic E-state index is 0.00669. The highest BCUT2D eigenvalue weighted by Gasteiger charge is 2.58. The van der Waals surface area contributed by atoms with E-state index in [1.54, 1.807) is 77.1 Å². The van der Waals surface area contributed by atoms with Gasteiger partial charge in [0, 0.05) is 147 Å². The van der Waals surface area contributed by atoms with Gasteiger partial charge in [-0.15, -0.1) is 0 Å². The van der Waals surface area contributed by atoms with Gasteiger partial charge in [0.1, 0.15) is 88.7 Å². The van der Waals surface area contributed by atoms with Crippen molar-refractivity contribution in [2.24, 2.45) is 17.8 Å². The zero-order valence-electron chi connectivity index (χ0n) is 83.6. The molecule has 0 radical (unpaired) electrons. The van der Waals surface area contributed by atoms with Gasteiger partial charge in [-0.1, -0.05) is 91.0 Å². The number of nitrogens with one attached hydrogen (secondary N) is 1. The van der Waals surface area contributed by atoms with E-state index in [1.165, 1.54) is 31.9 Å². The molecule has 0 spiro atoms. The molecule has 6 aromatic heterocycles. The van der Waals surface area contributed by atoms with Crippen molar-refractivity contribution >= 4 is 108 Å². The molecule has 9 atom stereocenters. The molecule has 3 aliphatic carbocycles. The van der Waals surface area contributed by atoms with Crippen LogP contribution in [0.1, 0.15) is 242 Å². The number of aryl methyl sites for hydroxylation is 6. The largest absolute Gasteiger partial charge is 0.480 e. The molecule has 31 heteroatoms. The molecule has 142 heavy (non-hydrogen) atoms. The number of allylic oxidation sites excluding steroid dienone is 6. The Labute approximate surface area is 823 Å². The SMILES string of the molecule is C/C(=C(\F)CCC(=O)[C@@H]1C[C@H]2C[C@H]2N1)c1ccccc1.C/C(=C(\F)CCC(=O)[C@@H]1C[C@H]2C[C@H]2N1C(=O)OC(C)(C)C)c1ccccc1.CC(=O)c1nn(CC(=O)N2[C@@H]3C[C@@H]3C[C@H]2C(=O)CC/C(F)=C(/C)c2ccccc2)c2c(C)cc(-c3cnc(C)nc3)cc12.CC(=O)c1nn(CC(=O)O)c2c(C)cc(-c3cnc(C)nc3)cc12.CC(=O)c1nn(CC(=O)OC(C)(C)C)c2c(C)cc(-c3cnc(C)nc3)cc12. The molecule has 2 N–H and O–H groups in total. The Hall–Kier alpha value is -14.4. The summed E-state index contributed by atoms with van der Waals surface area (Å²) in [7, 11) is 0.